The number of rotatable bonds is 4. The highest BCUT2D eigenvalue weighted by Gasteiger charge is 2.18. The van der Waals surface area contributed by atoms with E-state index in [2.05, 4.69) is 29.0 Å². The first-order chi connectivity index (χ1) is 9.20. The molecule has 1 N–H and O–H groups in total. The summed E-state index contributed by atoms with van der Waals surface area (Å²) in [5, 5.41) is 4.00. The van der Waals surface area contributed by atoms with E-state index in [-0.39, 0.29) is 6.10 Å². The number of pyridine rings is 1. The van der Waals surface area contributed by atoms with Crippen LogP contribution in [0.25, 0.3) is 0 Å². The third-order valence-corrected chi connectivity index (χ3v) is 3.49. The molecular formula is C14H22ClN3O. The Morgan fingerprint density at radius 2 is 2.42 bits per heavy atom. The Morgan fingerprint density at radius 1 is 1.58 bits per heavy atom. The minimum Gasteiger partial charge on any atom is -0.377 e. The molecule has 0 amide bonds. The molecule has 0 radical (unpaired) electrons. The largest absolute Gasteiger partial charge is 0.377 e. The standard InChI is InChI=1S/C14H22ClN3O/c1-3-16-8-12-7-13(15)14(17-9-12)18-5-4-6-19-11(2)10-18/h7,9,11,16H,3-6,8,10H2,1-2H3. The van der Waals surface area contributed by atoms with Crippen molar-refractivity contribution in [2.24, 2.45) is 0 Å². The number of hydrogen-bond acceptors (Lipinski definition) is 4. The number of aromatic nitrogens is 1. The lowest BCUT2D eigenvalue weighted by Gasteiger charge is -2.24. The van der Waals surface area contributed by atoms with Gasteiger partial charge < -0.3 is 15.0 Å². The van der Waals surface area contributed by atoms with E-state index in [9.17, 15) is 0 Å². The molecule has 5 heteroatoms. The van der Waals surface area contributed by atoms with Crippen LogP contribution >= 0.6 is 11.6 Å². The SMILES string of the molecule is CCNCc1cnc(N2CCCOC(C)C2)c(Cl)c1. The highest BCUT2D eigenvalue weighted by molar-refractivity contribution is 6.33. The van der Waals surface area contributed by atoms with Gasteiger partial charge in [-0.3, -0.25) is 0 Å². The van der Waals surface area contributed by atoms with Crippen LogP contribution in [0.5, 0.6) is 0 Å². The minimum absolute atomic E-state index is 0.224. The maximum absolute atomic E-state index is 6.37. The van der Waals surface area contributed by atoms with Gasteiger partial charge in [-0.15, -0.1) is 0 Å². The Morgan fingerprint density at radius 3 is 3.16 bits per heavy atom. The summed E-state index contributed by atoms with van der Waals surface area (Å²) >= 11 is 6.37. The Balaban J connectivity index is 2.10. The lowest BCUT2D eigenvalue weighted by Crippen LogP contribution is -2.31. The van der Waals surface area contributed by atoms with Gasteiger partial charge in [0.2, 0.25) is 0 Å². The molecule has 2 rings (SSSR count). The topological polar surface area (TPSA) is 37.4 Å². The van der Waals surface area contributed by atoms with Crippen LogP contribution in [0.15, 0.2) is 12.3 Å². The smallest absolute Gasteiger partial charge is 0.147 e. The van der Waals surface area contributed by atoms with Crippen molar-refractivity contribution >= 4 is 17.4 Å². The molecule has 1 saturated heterocycles. The Hall–Kier alpha value is -0.840. The molecule has 106 valence electrons. The number of nitrogens with zero attached hydrogens (tertiary/aromatic N) is 2. The molecule has 19 heavy (non-hydrogen) atoms. The fraction of sp³-hybridized carbons (Fsp3) is 0.643. The summed E-state index contributed by atoms with van der Waals surface area (Å²) in [4.78, 5) is 6.75. The van der Waals surface area contributed by atoms with E-state index in [1.807, 2.05) is 12.3 Å². The molecule has 1 aliphatic heterocycles. The van der Waals surface area contributed by atoms with Crippen molar-refractivity contribution in [1.82, 2.24) is 10.3 Å². The average molecular weight is 284 g/mol. The zero-order chi connectivity index (χ0) is 13.7. The van der Waals surface area contributed by atoms with Crippen molar-refractivity contribution in [2.75, 3.05) is 31.1 Å². The Labute approximate surface area is 120 Å². The van der Waals surface area contributed by atoms with Gasteiger partial charge in [-0.05, 0) is 31.5 Å². The highest BCUT2D eigenvalue weighted by Crippen LogP contribution is 2.25. The normalized spacial score (nSPS) is 20.4. The molecule has 4 nitrogen and oxygen atoms in total. The molecular weight excluding hydrogens is 262 g/mol. The van der Waals surface area contributed by atoms with E-state index in [0.29, 0.717) is 0 Å². The summed E-state index contributed by atoms with van der Waals surface area (Å²) in [7, 11) is 0. The van der Waals surface area contributed by atoms with Gasteiger partial charge in [0.25, 0.3) is 0 Å². The fourth-order valence-corrected chi connectivity index (χ4v) is 2.56. The van der Waals surface area contributed by atoms with Crippen LogP contribution in [-0.2, 0) is 11.3 Å². The number of halogens is 1. The van der Waals surface area contributed by atoms with Gasteiger partial charge in [0.15, 0.2) is 0 Å². The van der Waals surface area contributed by atoms with Gasteiger partial charge >= 0.3 is 0 Å². The van der Waals surface area contributed by atoms with Crippen molar-refractivity contribution < 1.29 is 4.74 Å². The zero-order valence-electron chi connectivity index (χ0n) is 11.7. The van der Waals surface area contributed by atoms with Gasteiger partial charge in [-0.2, -0.15) is 0 Å². The number of nitrogens with one attached hydrogen (secondary N) is 1. The first kappa shape index (κ1) is 14.6. The molecule has 1 atom stereocenters. The molecule has 0 saturated carbocycles. The minimum atomic E-state index is 0.224. The van der Waals surface area contributed by atoms with E-state index < -0.39 is 0 Å². The van der Waals surface area contributed by atoms with Gasteiger partial charge in [-0.25, -0.2) is 4.98 Å². The van der Waals surface area contributed by atoms with Crippen LogP contribution in [0.1, 0.15) is 25.8 Å². The van der Waals surface area contributed by atoms with Crippen molar-refractivity contribution in [3.05, 3.63) is 22.8 Å². The summed E-state index contributed by atoms with van der Waals surface area (Å²) in [6.07, 6.45) is 3.14. The van der Waals surface area contributed by atoms with Gasteiger partial charge in [0.1, 0.15) is 5.82 Å². The predicted molar refractivity (Wildman–Crippen MR) is 78.9 cm³/mol. The third kappa shape index (κ3) is 4.06. The van der Waals surface area contributed by atoms with Crippen molar-refractivity contribution in [1.29, 1.82) is 0 Å². The zero-order valence-corrected chi connectivity index (χ0v) is 12.4. The third-order valence-electron chi connectivity index (χ3n) is 3.21. The van der Waals surface area contributed by atoms with Crippen molar-refractivity contribution in [3.63, 3.8) is 0 Å². The summed E-state index contributed by atoms with van der Waals surface area (Å²) < 4.78 is 5.65. The van der Waals surface area contributed by atoms with Crippen molar-refractivity contribution in [2.45, 2.75) is 32.9 Å². The van der Waals surface area contributed by atoms with Crippen LogP contribution in [0, 0.1) is 0 Å². The van der Waals surface area contributed by atoms with E-state index in [1.165, 1.54) is 0 Å². The Bertz CT molecular complexity index is 414. The number of hydrogen-bond donors (Lipinski definition) is 1. The van der Waals surface area contributed by atoms with Crippen LogP contribution in [-0.4, -0.2) is 37.3 Å². The van der Waals surface area contributed by atoms with Crippen LogP contribution in [0.3, 0.4) is 0 Å². The molecule has 1 aromatic heterocycles. The second-order valence-corrected chi connectivity index (χ2v) is 5.32. The van der Waals surface area contributed by atoms with Gasteiger partial charge in [-0.1, -0.05) is 18.5 Å². The molecule has 0 spiro atoms. The molecule has 1 aromatic rings. The first-order valence-electron chi connectivity index (χ1n) is 6.92. The van der Waals surface area contributed by atoms with Crippen LogP contribution in [0.2, 0.25) is 5.02 Å². The van der Waals surface area contributed by atoms with E-state index >= 15 is 0 Å². The van der Waals surface area contributed by atoms with E-state index in [0.717, 1.165) is 55.6 Å². The first-order valence-corrected chi connectivity index (χ1v) is 7.30. The highest BCUT2D eigenvalue weighted by atomic mass is 35.5. The number of ether oxygens (including phenoxy) is 1. The summed E-state index contributed by atoms with van der Waals surface area (Å²) in [5.74, 6) is 0.874. The molecule has 1 aliphatic rings. The second-order valence-electron chi connectivity index (χ2n) is 4.91. The van der Waals surface area contributed by atoms with Crippen molar-refractivity contribution in [3.8, 4) is 0 Å². The average Bonchev–Trinajstić information content (AvgIpc) is 2.61. The molecule has 2 heterocycles. The quantitative estimate of drug-likeness (QED) is 0.921. The molecule has 0 aromatic carbocycles. The molecule has 1 fully saturated rings. The molecule has 0 aliphatic carbocycles. The lowest BCUT2D eigenvalue weighted by molar-refractivity contribution is 0.0820. The maximum Gasteiger partial charge on any atom is 0.147 e. The van der Waals surface area contributed by atoms with E-state index in [4.69, 9.17) is 16.3 Å². The predicted octanol–water partition coefficient (Wildman–Crippen LogP) is 2.46. The van der Waals surface area contributed by atoms with Crippen LogP contribution < -0.4 is 10.2 Å². The van der Waals surface area contributed by atoms with E-state index in [1.54, 1.807) is 0 Å². The molecule has 1 unspecified atom stereocenters. The van der Waals surface area contributed by atoms with Crippen LogP contribution in [0.4, 0.5) is 5.82 Å². The summed E-state index contributed by atoms with van der Waals surface area (Å²) in [5.41, 5.74) is 1.12. The fourth-order valence-electron chi connectivity index (χ4n) is 2.26. The second kappa shape index (κ2) is 7.08. The van der Waals surface area contributed by atoms with Gasteiger partial charge in [0.05, 0.1) is 11.1 Å². The van der Waals surface area contributed by atoms with Gasteiger partial charge in [0, 0.05) is 32.4 Å². The molecule has 0 bridgehead atoms. The summed E-state index contributed by atoms with van der Waals surface area (Å²) in [6, 6.07) is 2.00. The maximum atomic E-state index is 6.37. The lowest BCUT2D eigenvalue weighted by atomic mass is 10.2. The number of anilines is 1. The monoisotopic (exact) mass is 283 g/mol. The summed E-state index contributed by atoms with van der Waals surface area (Å²) in [6.45, 7) is 8.54. The Kier molecular flexibility index (Phi) is 5.43.